The predicted octanol–water partition coefficient (Wildman–Crippen LogP) is 2.55. The van der Waals surface area contributed by atoms with Crippen molar-refractivity contribution in [3.05, 3.63) is 35.9 Å². The number of nitrogens with zero attached hydrogens (tertiary/aromatic N) is 1. The lowest BCUT2D eigenvalue weighted by molar-refractivity contribution is -0.131. The van der Waals surface area contributed by atoms with Crippen LogP contribution in [0.15, 0.2) is 30.3 Å². The van der Waals surface area contributed by atoms with E-state index in [2.05, 4.69) is 31.2 Å². The Hall–Kier alpha value is -1.06. The number of halogens is 1. The first kappa shape index (κ1) is 16.0. The van der Waals surface area contributed by atoms with Crippen LogP contribution < -0.4 is 5.73 Å². The lowest BCUT2D eigenvalue weighted by Crippen LogP contribution is -2.34. The van der Waals surface area contributed by atoms with E-state index < -0.39 is 0 Å². The molecule has 1 aliphatic rings. The molecule has 0 aromatic heterocycles. The lowest BCUT2D eigenvalue weighted by Gasteiger charge is -2.21. The Labute approximate surface area is 121 Å². The van der Waals surface area contributed by atoms with E-state index >= 15 is 0 Å². The highest BCUT2D eigenvalue weighted by Gasteiger charge is 2.32. The maximum atomic E-state index is 12.1. The fourth-order valence-electron chi connectivity index (χ4n) is 2.74. The second kappa shape index (κ2) is 7.51. The standard InChI is InChI=1S/C15H22N2O.ClH/c1-12-10-14(13-6-3-2-4-7-13)11-17(12)15(18)8-5-9-16;/h2-4,6-7,12,14H,5,8-11,16H2,1H3;1H. The van der Waals surface area contributed by atoms with E-state index in [1.165, 1.54) is 5.56 Å². The molecule has 1 aromatic carbocycles. The molecule has 3 nitrogen and oxygen atoms in total. The summed E-state index contributed by atoms with van der Waals surface area (Å²) in [5.41, 5.74) is 6.80. The summed E-state index contributed by atoms with van der Waals surface area (Å²) < 4.78 is 0. The van der Waals surface area contributed by atoms with Crippen LogP contribution in [-0.4, -0.2) is 29.9 Å². The molecule has 1 aliphatic heterocycles. The van der Waals surface area contributed by atoms with Crippen molar-refractivity contribution in [3.63, 3.8) is 0 Å². The van der Waals surface area contributed by atoms with Crippen LogP contribution in [0.2, 0.25) is 0 Å². The van der Waals surface area contributed by atoms with Gasteiger partial charge in [0.1, 0.15) is 0 Å². The summed E-state index contributed by atoms with van der Waals surface area (Å²) in [5, 5.41) is 0. The molecular formula is C15H23ClN2O. The third-order valence-corrected chi connectivity index (χ3v) is 3.76. The second-order valence-electron chi connectivity index (χ2n) is 5.13. The van der Waals surface area contributed by atoms with Gasteiger partial charge in [-0.15, -0.1) is 12.4 Å². The lowest BCUT2D eigenvalue weighted by atomic mass is 9.97. The van der Waals surface area contributed by atoms with E-state index in [0.717, 1.165) is 19.4 Å². The third-order valence-electron chi connectivity index (χ3n) is 3.76. The molecule has 1 amide bonds. The van der Waals surface area contributed by atoms with Gasteiger partial charge in [-0.05, 0) is 31.9 Å². The van der Waals surface area contributed by atoms with Crippen LogP contribution in [0.25, 0.3) is 0 Å². The Morgan fingerprint density at radius 3 is 2.68 bits per heavy atom. The van der Waals surface area contributed by atoms with Crippen LogP contribution in [0.5, 0.6) is 0 Å². The predicted molar refractivity (Wildman–Crippen MR) is 80.5 cm³/mol. The number of amides is 1. The maximum absolute atomic E-state index is 12.1. The zero-order valence-corrected chi connectivity index (χ0v) is 12.2. The number of carbonyl (C=O) groups is 1. The van der Waals surface area contributed by atoms with Crippen LogP contribution in [0.1, 0.15) is 37.7 Å². The van der Waals surface area contributed by atoms with Gasteiger partial charge in [-0.2, -0.15) is 0 Å². The SMILES string of the molecule is CC1CC(c2ccccc2)CN1C(=O)CCCN.Cl. The molecule has 1 aromatic rings. The molecule has 0 spiro atoms. The molecule has 19 heavy (non-hydrogen) atoms. The summed E-state index contributed by atoms with van der Waals surface area (Å²) >= 11 is 0. The Kier molecular flexibility index (Phi) is 6.32. The topological polar surface area (TPSA) is 46.3 Å². The van der Waals surface area contributed by atoms with Gasteiger partial charge in [-0.1, -0.05) is 30.3 Å². The first-order valence-electron chi connectivity index (χ1n) is 6.77. The van der Waals surface area contributed by atoms with Crippen LogP contribution in [0.4, 0.5) is 0 Å². The normalized spacial score (nSPS) is 22.1. The highest BCUT2D eigenvalue weighted by atomic mass is 35.5. The molecule has 2 atom stereocenters. The molecular weight excluding hydrogens is 260 g/mol. The molecule has 0 radical (unpaired) electrons. The Morgan fingerprint density at radius 2 is 2.05 bits per heavy atom. The van der Waals surface area contributed by atoms with Crippen LogP contribution in [0, 0.1) is 0 Å². The Balaban J connectivity index is 0.00000180. The molecule has 2 rings (SSSR count). The summed E-state index contributed by atoms with van der Waals surface area (Å²) in [7, 11) is 0. The second-order valence-corrected chi connectivity index (χ2v) is 5.13. The van der Waals surface area contributed by atoms with Gasteiger partial charge < -0.3 is 10.6 Å². The number of rotatable bonds is 4. The Morgan fingerprint density at radius 1 is 1.37 bits per heavy atom. The average Bonchev–Trinajstić information content (AvgIpc) is 2.79. The van der Waals surface area contributed by atoms with E-state index in [4.69, 9.17) is 5.73 Å². The number of benzene rings is 1. The van der Waals surface area contributed by atoms with Gasteiger partial charge in [0.15, 0.2) is 0 Å². The molecule has 1 saturated heterocycles. The minimum atomic E-state index is 0. The number of nitrogens with two attached hydrogens (primary N) is 1. The van der Waals surface area contributed by atoms with Crippen molar-refractivity contribution in [1.82, 2.24) is 4.90 Å². The third kappa shape index (κ3) is 3.95. The van der Waals surface area contributed by atoms with E-state index in [-0.39, 0.29) is 18.3 Å². The fourth-order valence-corrected chi connectivity index (χ4v) is 2.74. The molecule has 0 aliphatic carbocycles. The van der Waals surface area contributed by atoms with Gasteiger partial charge in [-0.3, -0.25) is 4.79 Å². The van der Waals surface area contributed by atoms with Gasteiger partial charge >= 0.3 is 0 Å². The fraction of sp³-hybridized carbons (Fsp3) is 0.533. The van der Waals surface area contributed by atoms with Crippen molar-refractivity contribution in [1.29, 1.82) is 0 Å². The van der Waals surface area contributed by atoms with E-state index in [9.17, 15) is 4.79 Å². The van der Waals surface area contributed by atoms with E-state index in [0.29, 0.717) is 24.9 Å². The van der Waals surface area contributed by atoms with Crippen LogP contribution >= 0.6 is 12.4 Å². The summed E-state index contributed by atoms with van der Waals surface area (Å²) in [6.07, 6.45) is 2.44. The summed E-state index contributed by atoms with van der Waals surface area (Å²) in [5.74, 6) is 0.745. The minimum Gasteiger partial charge on any atom is -0.339 e. The first-order chi connectivity index (χ1) is 8.72. The van der Waals surface area contributed by atoms with Crippen molar-refractivity contribution in [2.24, 2.45) is 5.73 Å². The molecule has 1 heterocycles. The molecule has 4 heteroatoms. The van der Waals surface area contributed by atoms with Crippen molar-refractivity contribution >= 4 is 18.3 Å². The maximum Gasteiger partial charge on any atom is 0.222 e. The zero-order valence-electron chi connectivity index (χ0n) is 11.4. The highest BCUT2D eigenvalue weighted by Crippen LogP contribution is 2.31. The van der Waals surface area contributed by atoms with E-state index in [1.807, 2.05) is 11.0 Å². The van der Waals surface area contributed by atoms with Crippen molar-refractivity contribution in [2.75, 3.05) is 13.1 Å². The Bertz CT molecular complexity index is 396. The first-order valence-corrected chi connectivity index (χ1v) is 6.77. The van der Waals surface area contributed by atoms with Gasteiger partial charge in [0.05, 0.1) is 0 Å². The molecule has 2 N–H and O–H groups in total. The summed E-state index contributed by atoms with van der Waals surface area (Å²) in [4.78, 5) is 14.1. The quantitative estimate of drug-likeness (QED) is 0.922. The number of likely N-dealkylation sites (tertiary alicyclic amines) is 1. The van der Waals surface area contributed by atoms with E-state index in [1.54, 1.807) is 0 Å². The van der Waals surface area contributed by atoms with Gasteiger partial charge in [-0.25, -0.2) is 0 Å². The van der Waals surface area contributed by atoms with Gasteiger partial charge in [0.25, 0.3) is 0 Å². The average molecular weight is 283 g/mol. The van der Waals surface area contributed by atoms with Crippen LogP contribution in [-0.2, 0) is 4.79 Å². The van der Waals surface area contributed by atoms with Gasteiger partial charge in [0, 0.05) is 24.9 Å². The molecule has 2 unspecified atom stereocenters. The number of carbonyl (C=O) groups excluding carboxylic acids is 1. The largest absolute Gasteiger partial charge is 0.339 e. The molecule has 1 fully saturated rings. The van der Waals surface area contributed by atoms with Crippen molar-refractivity contribution in [3.8, 4) is 0 Å². The zero-order chi connectivity index (χ0) is 13.0. The molecule has 0 bridgehead atoms. The number of hydrogen-bond acceptors (Lipinski definition) is 2. The van der Waals surface area contributed by atoms with Gasteiger partial charge in [0.2, 0.25) is 5.91 Å². The summed E-state index contributed by atoms with van der Waals surface area (Å²) in [6, 6.07) is 10.8. The highest BCUT2D eigenvalue weighted by molar-refractivity contribution is 5.85. The van der Waals surface area contributed by atoms with Crippen molar-refractivity contribution < 1.29 is 4.79 Å². The monoisotopic (exact) mass is 282 g/mol. The van der Waals surface area contributed by atoms with Crippen LogP contribution in [0.3, 0.4) is 0 Å². The smallest absolute Gasteiger partial charge is 0.222 e. The molecule has 106 valence electrons. The minimum absolute atomic E-state index is 0. The van der Waals surface area contributed by atoms with Crippen molar-refractivity contribution in [2.45, 2.75) is 38.1 Å². The summed E-state index contributed by atoms with van der Waals surface area (Å²) in [6.45, 7) is 3.59. The molecule has 0 saturated carbocycles. The number of hydrogen-bond donors (Lipinski definition) is 1.